The Morgan fingerprint density at radius 3 is 1.32 bits per heavy atom. The van der Waals surface area contributed by atoms with Crippen LogP contribution in [0.15, 0.2) is 121 Å². The van der Waals surface area contributed by atoms with Gasteiger partial charge in [0, 0.05) is 71.0 Å². The first-order valence-corrected chi connectivity index (χ1v) is 18.6. The first-order valence-electron chi connectivity index (χ1n) is 42.5. The Kier molecular flexibility index (Phi) is 2.68. The lowest BCUT2D eigenvalue weighted by molar-refractivity contribution is 0.421. The first kappa shape index (κ1) is 10.4. The molecule has 3 aliphatic carbocycles. The fourth-order valence-corrected chi connectivity index (χ4v) is 10.6. The van der Waals surface area contributed by atoms with Crippen molar-refractivity contribution in [1.82, 2.24) is 24.1 Å². The number of nitrogens with zero attached hydrogens (tertiary/aromatic N) is 5. The van der Waals surface area contributed by atoms with Gasteiger partial charge in [-0.25, -0.2) is 0 Å². The monoisotopic (exact) mass is 816 g/mol. The summed E-state index contributed by atoms with van der Waals surface area (Å²) in [5.74, 6) is -4.98. The molecular formula is C51H53N5Si. The summed E-state index contributed by atoms with van der Waals surface area (Å²) >= 11 is 0. The molecule has 0 spiro atoms. The second-order valence-corrected chi connectivity index (χ2v) is 15.7. The molecule has 3 saturated carbocycles. The Labute approximate surface area is 410 Å². The van der Waals surface area contributed by atoms with Gasteiger partial charge < -0.3 is 0 Å². The number of benzene rings is 5. The van der Waals surface area contributed by atoms with Crippen molar-refractivity contribution in [3.05, 3.63) is 121 Å². The topological polar surface area (TPSA) is 48.5 Å². The van der Waals surface area contributed by atoms with Gasteiger partial charge in [-0.2, -0.15) is 15.0 Å². The highest BCUT2D eigenvalue weighted by Gasteiger charge is 2.53. The van der Waals surface area contributed by atoms with Gasteiger partial charge in [-0.3, -0.25) is 9.13 Å². The zero-order chi connectivity index (χ0) is 83.9. The highest BCUT2D eigenvalue weighted by molar-refractivity contribution is 6.95. The van der Waals surface area contributed by atoms with E-state index in [-0.39, 0.29) is 0 Å². The zero-order valence-electron chi connectivity index (χ0n) is 80.3. The molecule has 0 saturated heterocycles. The number of para-hydroxylation sites is 4. The van der Waals surface area contributed by atoms with Crippen LogP contribution in [0.4, 0.5) is 0 Å². The third-order valence-corrected chi connectivity index (χ3v) is 13.4. The van der Waals surface area contributed by atoms with E-state index in [9.17, 15) is 46.6 Å². The average molecular weight is 816 g/mol. The van der Waals surface area contributed by atoms with E-state index < -0.39 is 313 Å². The van der Waals surface area contributed by atoms with Crippen molar-refractivity contribution < 1.29 is 71.3 Å². The SMILES string of the molecule is [2H]c1c([2H])c(-c2nc(-n3c4c([2H])c([2H])c([2H])c([2H])c4c4c([2H])c([2H])c([2H])c([2H])c43)nc(-n3c4c([2H])c([2H])c([2H])c([2H])c4c4c([2H])c([2H])c([2H])c([2H])c43)n2)c([2H])c([Si](C2C([2H])([2H])C([2H])([2H])C([2H])([2H])C([2H])([2H])C2([2H])[2H])(C2([2H])C([2H])([2H])C([2H])([2H])C([2H])([2H])C([2H])([2H])C2([2H])[2H])C2([2H])C([2H])([2H])C([2H])([2H])C([2H])([2H])C([2H])([2H])C2([2H])[2H])c1[2H]. The van der Waals surface area contributed by atoms with Crippen LogP contribution in [0.25, 0.3) is 66.9 Å². The van der Waals surface area contributed by atoms with Gasteiger partial charge in [-0.1, -0.05) is 197 Å². The van der Waals surface area contributed by atoms with Crippen LogP contribution in [-0.4, -0.2) is 32.2 Å². The molecule has 0 aliphatic heterocycles. The summed E-state index contributed by atoms with van der Waals surface area (Å²) in [6.07, 6.45) is -81.2. The van der Waals surface area contributed by atoms with Gasteiger partial charge in [0.15, 0.2) is 5.82 Å². The van der Waals surface area contributed by atoms with Crippen LogP contribution in [0.5, 0.6) is 0 Å². The van der Waals surface area contributed by atoms with Crippen LogP contribution in [0.2, 0.25) is 16.6 Å². The number of aromatic nitrogens is 5. The van der Waals surface area contributed by atoms with Crippen LogP contribution in [0, 0.1) is 0 Å². The summed E-state index contributed by atoms with van der Waals surface area (Å²) in [5.41, 5.74) is -23.9. The second kappa shape index (κ2) is 14.7. The van der Waals surface area contributed by atoms with Crippen molar-refractivity contribution in [3.8, 4) is 23.3 Å². The van der Waals surface area contributed by atoms with Crippen molar-refractivity contribution in [3.63, 3.8) is 0 Å². The Balaban J connectivity index is 1.57. The molecular weight excluding hydrogens is 711 g/mol. The molecule has 57 heavy (non-hydrogen) atoms. The predicted molar refractivity (Wildman–Crippen MR) is 240 cm³/mol. The molecule has 0 radical (unpaired) electrons. The minimum absolute atomic E-state index is 0.314. The molecule has 5 aromatic carbocycles. The van der Waals surface area contributed by atoms with Gasteiger partial charge in [0.05, 0.1) is 57.6 Å². The molecule has 3 aromatic heterocycles. The first-order chi connectivity index (χ1) is 48.7. The molecule has 11 rings (SSSR count). The largest absolute Gasteiger partial charge is 0.278 e. The Bertz CT molecular complexity index is 4920. The van der Waals surface area contributed by atoms with Gasteiger partial charge in [0.25, 0.3) is 0 Å². The summed E-state index contributed by atoms with van der Waals surface area (Å²) in [5, 5.41) is -6.42. The van der Waals surface area contributed by atoms with E-state index in [0.717, 1.165) is 0 Å². The molecule has 8 aromatic rings. The van der Waals surface area contributed by atoms with Crippen molar-refractivity contribution in [2.75, 3.05) is 0 Å². The van der Waals surface area contributed by atoms with E-state index in [1.165, 1.54) is 0 Å². The van der Waals surface area contributed by atoms with Crippen molar-refractivity contribution >= 4 is 56.9 Å². The van der Waals surface area contributed by atoms with Crippen LogP contribution in [0.1, 0.15) is 167 Å². The minimum atomic E-state index is -9.79. The summed E-state index contributed by atoms with van der Waals surface area (Å²) in [6.45, 7) is 0. The van der Waals surface area contributed by atoms with E-state index in [1.807, 2.05) is 0 Å². The van der Waals surface area contributed by atoms with E-state index in [2.05, 4.69) is 15.0 Å². The maximum Gasteiger partial charge on any atom is 0.240 e. The van der Waals surface area contributed by atoms with E-state index >= 15 is 0 Å². The molecule has 0 N–H and O–H groups in total. The van der Waals surface area contributed by atoms with E-state index in [4.69, 9.17) is 24.7 Å². The number of fused-ring (bicyclic) bond motifs is 6. The quantitative estimate of drug-likeness (QED) is 0.151. The number of hydrogen-bond acceptors (Lipinski definition) is 3. The maximum atomic E-state index is 11.0. The van der Waals surface area contributed by atoms with Gasteiger partial charge in [-0.15, -0.1) is 0 Å². The Hall–Kier alpha value is -5.07. The summed E-state index contributed by atoms with van der Waals surface area (Å²) in [4.78, 5) is 12.9. The van der Waals surface area contributed by atoms with E-state index in [1.54, 1.807) is 0 Å². The van der Waals surface area contributed by atoms with Crippen molar-refractivity contribution in [1.29, 1.82) is 0 Å². The smallest absolute Gasteiger partial charge is 0.240 e. The predicted octanol–water partition coefficient (Wildman–Crippen LogP) is 13.4. The lowest BCUT2D eigenvalue weighted by Gasteiger charge is -2.53. The van der Waals surface area contributed by atoms with Crippen LogP contribution < -0.4 is 5.19 Å². The van der Waals surface area contributed by atoms with E-state index in [0.29, 0.717) is 9.13 Å². The van der Waals surface area contributed by atoms with Gasteiger partial charge in [-0.05, 0) is 40.7 Å². The lowest BCUT2D eigenvalue weighted by Crippen LogP contribution is -2.60. The summed E-state index contributed by atoms with van der Waals surface area (Å²) < 4.78 is 493. The van der Waals surface area contributed by atoms with Crippen LogP contribution >= 0.6 is 0 Å². The highest BCUT2D eigenvalue weighted by atomic mass is 28.3. The molecule has 5 nitrogen and oxygen atoms in total. The normalized spacial score (nSPS) is 45.5. The van der Waals surface area contributed by atoms with Crippen molar-refractivity contribution in [2.24, 2.45) is 0 Å². The fraction of sp³-hybridized carbons (Fsp3) is 0.353. The molecule has 3 heterocycles. The standard InChI is InChI=1S/C51H53N5Si/c1-4-20-37(21-5-1)57(38-22-6-2-7-23-38,39-24-8-3-9-25-39)40-26-18-19-36(35-40)49-52-50(55-45-31-14-10-27-41(45)42-28-11-15-32-46(42)55)54-51(53-49)56-47-33-16-12-29-43(47)44-30-13-17-34-48(44)56/h10-19,26-35,37-39H,1-9,20-25H2/i1D2,2D2,3D2,4D2,5D2,6D2,7D2,8D2,9D2,10D,11D,12D,13D,14D,15D,16D,17D,18D,19D,20D2,21D2,22D2,23D2,24D2,25D2,26D,27D,28D,29D,30D,31D,32D,33D,34D,35D,37D,38D. The van der Waals surface area contributed by atoms with Crippen LogP contribution in [0.3, 0.4) is 0 Å². The Morgan fingerprint density at radius 1 is 0.474 bits per heavy atom. The zero-order valence-corrected chi connectivity index (χ0v) is 29.3. The third-order valence-electron chi connectivity index (χ3n) is 9.10. The fourth-order valence-electron chi connectivity index (χ4n) is 6.76. The molecule has 0 bridgehead atoms. The van der Waals surface area contributed by atoms with Gasteiger partial charge in [0.2, 0.25) is 11.9 Å². The minimum Gasteiger partial charge on any atom is -0.278 e. The maximum absolute atomic E-state index is 11.0. The molecule has 0 atom stereocenters. The number of rotatable bonds is 7. The molecule has 3 aliphatic rings. The Morgan fingerprint density at radius 2 is 0.877 bits per heavy atom. The third kappa shape index (κ3) is 5.80. The lowest BCUT2D eigenvalue weighted by atomic mass is 9.98. The second-order valence-electron chi connectivity index (χ2n) is 12.0. The molecule has 3 fully saturated rings. The molecule has 6 heteroatoms. The summed E-state index contributed by atoms with van der Waals surface area (Å²) in [6, 6.07) is -28.5. The summed E-state index contributed by atoms with van der Waals surface area (Å²) in [7, 11) is -9.79. The molecule has 0 amide bonds. The highest BCUT2D eigenvalue weighted by Crippen LogP contribution is 2.56. The number of hydrogen-bond donors (Lipinski definition) is 0. The molecule has 286 valence electrons. The van der Waals surface area contributed by atoms with Crippen molar-refractivity contribution in [2.45, 2.75) is 112 Å². The van der Waals surface area contributed by atoms with Crippen LogP contribution in [-0.2, 0) is 0 Å². The van der Waals surface area contributed by atoms with Gasteiger partial charge in [0.1, 0.15) is 0 Å². The average Bonchev–Trinajstić information content (AvgIpc) is 1.02. The molecule has 0 unspecified atom stereocenters. The van der Waals surface area contributed by atoms with Gasteiger partial charge >= 0.3 is 0 Å².